The lowest BCUT2D eigenvalue weighted by molar-refractivity contribution is 0.124. The number of hydrogen-bond acceptors (Lipinski definition) is 2. The number of nitrogens with zero attached hydrogens (tertiary/aromatic N) is 1. The van der Waals surface area contributed by atoms with Gasteiger partial charge in [-0.15, -0.1) is 24.8 Å². The molecule has 0 unspecified atom stereocenters. The average Bonchev–Trinajstić information content (AvgIpc) is 1.95. The normalized spacial score (nSPS) is 30.2. The maximum atomic E-state index is 12.8. The Morgan fingerprint density at radius 2 is 2.08 bits per heavy atom. The summed E-state index contributed by atoms with van der Waals surface area (Å²) in [5, 5.41) is 0. The van der Waals surface area contributed by atoms with Crippen LogP contribution >= 0.6 is 24.8 Å². The predicted molar refractivity (Wildman–Crippen MR) is 54.1 cm³/mol. The molecular formula is C7H17Cl2FN2. The summed E-state index contributed by atoms with van der Waals surface area (Å²) in [4.78, 5) is 2.09. The number of piperidine rings is 1. The molecule has 1 saturated heterocycles. The van der Waals surface area contributed by atoms with Crippen LogP contribution in [0.5, 0.6) is 0 Å². The molecule has 1 rings (SSSR count). The molecular weight excluding hydrogens is 202 g/mol. The third-order valence-corrected chi connectivity index (χ3v) is 2.12. The molecule has 2 N–H and O–H groups in total. The first-order chi connectivity index (χ1) is 4.74. The second kappa shape index (κ2) is 6.89. The summed E-state index contributed by atoms with van der Waals surface area (Å²) >= 11 is 0. The summed E-state index contributed by atoms with van der Waals surface area (Å²) < 4.78 is 12.8. The van der Waals surface area contributed by atoms with Crippen molar-refractivity contribution in [3.8, 4) is 0 Å². The molecule has 0 aromatic carbocycles. The van der Waals surface area contributed by atoms with Crippen LogP contribution in [0.3, 0.4) is 0 Å². The Bertz CT molecular complexity index is 116. The van der Waals surface area contributed by atoms with E-state index < -0.39 is 6.17 Å². The van der Waals surface area contributed by atoms with Gasteiger partial charge < -0.3 is 10.6 Å². The van der Waals surface area contributed by atoms with Crippen molar-refractivity contribution in [2.45, 2.75) is 25.6 Å². The molecule has 0 amide bonds. The van der Waals surface area contributed by atoms with Crippen molar-refractivity contribution < 1.29 is 4.39 Å². The van der Waals surface area contributed by atoms with Crippen LogP contribution < -0.4 is 5.73 Å². The first-order valence-electron chi connectivity index (χ1n) is 3.86. The van der Waals surface area contributed by atoms with E-state index in [-0.39, 0.29) is 30.9 Å². The van der Waals surface area contributed by atoms with Gasteiger partial charge in [0, 0.05) is 12.6 Å². The molecule has 0 aromatic rings. The molecule has 0 saturated carbocycles. The molecule has 0 bridgehead atoms. The van der Waals surface area contributed by atoms with Crippen LogP contribution in [0.1, 0.15) is 13.3 Å². The highest BCUT2D eigenvalue weighted by Crippen LogP contribution is 2.11. The van der Waals surface area contributed by atoms with E-state index in [2.05, 4.69) is 4.90 Å². The standard InChI is InChI=1S/C7H15FN2.2ClH/c1-2-10-4-3-7(9)6(8)5-10;;/h6-7H,2-5,9H2,1H3;2*1H/t6-,7+;;/m0../s1. The van der Waals surface area contributed by atoms with E-state index in [9.17, 15) is 4.39 Å². The van der Waals surface area contributed by atoms with Gasteiger partial charge in [-0.25, -0.2) is 4.39 Å². The fourth-order valence-electron chi connectivity index (χ4n) is 1.27. The Morgan fingerprint density at radius 1 is 1.50 bits per heavy atom. The lowest BCUT2D eigenvalue weighted by Crippen LogP contribution is -2.48. The zero-order chi connectivity index (χ0) is 7.56. The summed E-state index contributed by atoms with van der Waals surface area (Å²) in [6.07, 6.45) is -0.0108. The van der Waals surface area contributed by atoms with Crippen LogP contribution in [-0.4, -0.2) is 36.7 Å². The SMILES string of the molecule is CCN1CC[C@@H](N)[C@@H](F)C1.Cl.Cl. The molecule has 5 heteroatoms. The first kappa shape index (κ1) is 14.9. The predicted octanol–water partition coefficient (Wildman–Crippen LogP) is 1.22. The minimum absolute atomic E-state index is 0. The largest absolute Gasteiger partial charge is 0.325 e. The molecule has 0 aromatic heterocycles. The number of nitrogens with two attached hydrogens (primary N) is 1. The van der Waals surface area contributed by atoms with Gasteiger partial charge in [0.15, 0.2) is 0 Å². The first-order valence-corrected chi connectivity index (χ1v) is 3.86. The highest BCUT2D eigenvalue weighted by Gasteiger charge is 2.24. The number of hydrogen-bond donors (Lipinski definition) is 1. The van der Waals surface area contributed by atoms with Gasteiger partial charge in [-0.3, -0.25) is 0 Å². The Balaban J connectivity index is 0. The summed E-state index contributed by atoms with van der Waals surface area (Å²) in [5.41, 5.74) is 5.49. The van der Waals surface area contributed by atoms with Gasteiger partial charge in [0.2, 0.25) is 0 Å². The minimum atomic E-state index is -0.811. The molecule has 0 spiro atoms. The third kappa shape index (κ3) is 3.90. The molecule has 2 nitrogen and oxygen atoms in total. The third-order valence-electron chi connectivity index (χ3n) is 2.12. The number of alkyl halides is 1. The molecule has 12 heavy (non-hydrogen) atoms. The lowest BCUT2D eigenvalue weighted by Gasteiger charge is -2.31. The quantitative estimate of drug-likeness (QED) is 0.718. The van der Waals surface area contributed by atoms with Crippen LogP contribution in [-0.2, 0) is 0 Å². The van der Waals surface area contributed by atoms with Gasteiger partial charge >= 0.3 is 0 Å². The summed E-state index contributed by atoms with van der Waals surface area (Å²) in [6, 6.07) is -0.220. The van der Waals surface area contributed by atoms with Crippen molar-refractivity contribution in [2.24, 2.45) is 5.73 Å². The Labute approximate surface area is 85.5 Å². The fourth-order valence-corrected chi connectivity index (χ4v) is 1.27. The van der Waals surface area contributed by atoms with E-state index in [1.54, 1.807) is 0 Å². The fraction of sp³-hybridized carbons (Fsp3) is 1.00. The van der Waals surface area contributed by atoms with Crippen LogP contribution in [0.4, 0.5) is 4.39 Å². The van der Waals surface area contributed by atoms with Crippen molar-refractivity contribution in [1.29, 1.82) is 0 Å². The van der Waals surface area contributed by atoms with E-state index in [0.717, 1.165) is 19.5 Å². The van der Waals surface area contributed by atoms with Gasteiger partial charge in [-0.1, -0.05) is 6.92 Å². The number of halogens is 3. The summed E-state index contributed by atoms with van der Waals surface area (Å²) in [7, 11) is 0. The van der Waals surface area contributed by atoms with E-state index in [0.29, 0.717) is 6.54 Å². The van der Waals surface area contributed by atoms with Gasteiger partial charge in [-0.05, 0) is 19.5 Å². The number of rotatable bonds is 1. The molecule has 1 aliphatic heterocycles. The smallest absolute Gasteiger partial charge is 0.128 e. The molecule has 1 aliphatic rings. The second-order valence-corrected chi connectivity index (χ2v) is 2.86. The van der Waals surface area contributed by atoms with Crippen LogP contribution in [0.15, 0.2) is 0 Å². The zero-order valence-corrected chi connectivity index (χ0v) is 8.84. The second-order valence-electron chi connectivity index (χ2n) is 2.86. The van der Waals surface area contributed by atoms with Gasteiger partial charge in [-0.2, -0.15) is 0 Å². The van der Waals surface area contributed by atoms with Crippen LogP contribution in [0.2, 0.25) is 0 Å². The van der Waals surface area contributed by atoms with Gasteiger partial charge in [0.05, 0.1) is 0 Å². The highest BCUT2D eigenvalue weighted by molar-refractivity contribution is 5.85. The maximum absolute atomic E-state index is 12.8. The lowest BCUT2D eigenvalue weighted by atomic mass is 10.0. The van der Waals surface area contributed by atoms with Crippen LogP contribution in [0, 0.1) is 0 Å². The van der Waals surface area contributed by atoms with E-state index in [1.807, 2.05) is 6.92 Å². The molecule has 76 valence electrons. The molecule has 0 aliphatic carbocycles. The monoisotopic (exact) mass is 218 g/mol. The zero-order valence-electron chi connectivity index (χ0n) is 7.20. The minimum Gasteiger partial charge on any atom is -0.325 e. The van der Waals surface area contributed by atoms with Crippen LogP contribution in [0.25, 0.3) is 0 Å². The Hall–Kier alpha value is 0.430. The summed E-state index contributed by atoms with van der Waals surface area (Å²) in [6.45, 7) is 4.46. The molecule has 1 heterocycles. The topological polar surface area (TPSA) is 29.3 Å². The van der Waals surface area contributed by atoms with Gasteiger partial charge in [0.25, 0.3) is 0 Å². The van der Waals surface area contributed by atoms with E-state index in [4.69, 9.17) is 5.73 Å². The van der Waals surface area contributed by atoms with Gasteiger partial charge in [0.1, 0.15) is 6.17 Å². The van der Waals surface area contributed by atoms with Crippen molar-refractivity contribution >= 4 is 24.8 Å². The van der Waals surface area contributed by atoms with Crippen molar-refractivity contribution in [3.63, 3.8) is 0 Å². The Kier molecular flexibility index (Phi) is 8.58. The maximum Gasteiger partial charge on any atom is 0.128 e. The average molecular weight is 219 g/mol. The summed E-state index contributed by atoms with van der Waals surface area (Å²) in [5.74, 6) is 0. The van der Waals surface area contributed by atoms with Crippen molar-refractivity contribution in [2.75, 3.05) is 19.6 Å². The van der Waals surface area contributed by atoms with E-state index in [1.165, 1.54) is 0 Å². The highest BCUT2D eigenvalue weighted by atomic mass is 35.5. The molecule has 1 fully saturated rings. The Morgan fingerprint density at radius 3 is 2.50 bits per heavy atom. The van der Waals surface area contributed by atoms with Crippen molar-refractivity contribution in [1.82, 2.24) is 4.90 Å². The van der Waals surface area contributed by atoms with Crippen molar-refractivity contribution in [3.05, 3.63) is 0 Å². The number of likely N-dealkylation sites (tertiary alicyclic amines) is 1. The van der Waals surface area contributed by atoms with E-state index >= 15 is 0 Å². The molecule has 0 radical (unpaired) electrons. The molecule has 2 atom stereocenters.